The maximum Gasteiger partial charge on any atom is 0.343 e. The molecule has 1 heterocycles. The summed E-state index contributed by atoms with van der Waals surface area (Å²) in [5.41, 5.74) is 6.37. The molecule has 1 rings (SSSR count). The van der Waals surface area contributed by atoms with Crippen molar-refractivity contribution in [1.82, 2.24) is 9.97 Å². The summed E-state index contributed by atoms with van der Waals surface area (Å²) in [7, 11) is 1.68. The van der Waals surface area contributed by atoms with Crippen LogP contribution in [-0.2, 0) is 4.74 Å². The smallest absolute Gasteiger partial charge is 0.343 e. The van der Waals surface area contributed by atoms with E-state index in [0.717, 1.165) is 0 Å². The van der Waals surface area contributed by atoms with Gasteiger partial charge in [-0.2, -0.15) is 4.98 Å². The van der Waals surface area contributed by atoms with Crippen LogP contribution in [0, 0.1) is 6.92 Å². The maximum atomic E-state index is 11.5. The van der Waals surface area contributed by atoms with E-state index in [9.17, 15) is 4.79 Å². The van der Waals surface area contributed by atoms with Crippen LogP contribution >= 0.6 is 0 Å². The molecule has 0 aliphatic heterocycles. The van der Waals surface area contributed by atoms with Gasteiger partial charge in [-0.15, -0.1) is 0 Å². The second-order valence-corrected chi connectivity index (χ2v) is 2.86. The molecule has 6 heteroatoms. The highest BCUT2D eigenvalue weighted by Gasteiger charge is 2.17. The minimum absolute atomic E-state index is 0.130. The molecule has 0 aliphatic rings. The van der Waals surface area contributed by atoms with Crippen LogP contribution in [0.4, 0.5) is 11.8 Å². The molecule has 0 aliphatic carbocycles. The number of nitrogens with zero attached hydrogens (tertiary/aromatic N) is 2. The molecule has 0 saturated carbocycles. The van der Waals surface area contributed by atoms with Crippen molar-refractivity contribution in [1.29, 1.82) is 0 Å². The molecule has 0 radical (unpaired) electrons. The van der Waals surface area contributed by atoms with Crippen LogP contribution < -0.4 is 11.1 Å². The molecular formula is C9H14N4O2. The number of carbonyl (C=O) groups excluding carboxylic acids is 1. The summed E-state index contributed by atoms with van der Waals surface area (Å²) >= 11 is 0. The highest BCUT2D eigenvalue weighted by Crippen LogP contribution is 2.16. The maximum absolute atomic E-state index is 11.5. The minimum atomic E-state index is -0.491. The lowest BCUT2D eigenvalue weighted by Crippen LogP contribution is -2.14. The molecule has 15 heavy (non-hydrogen) atoms. The molecule has 82 valence electrons. The van der Waals surface area contributed by atoms with E-state index in [0.29, 0.717) is 18.2 Å². The number of hydrogen-bond acceptors (Lipinski definition) is 6. The van der Waals surface area contributed by atoms with Gasteiger partial charge in [-0.25, -0.2) is 9.78 Å². The number of rotatable bonds is 3. The van der Waals surface area contributed by atoms with Gasteiger partial charge in [0.2, 0.25) is 5.95 Å². The Labute approximate surface area is 87.9 Å². The SMILES string of the molecule is CCOC(=O)c1c(C)nc(NC)nc1N. The van der Waals surface area contributed by atoms with E-state index in [1.807, 2.05) is 0 Å². The fraction of sp³-hybridized carbons (Fsp3) is 0.444. The van der Waals surface area contributed by atoms with Gasteiger partial charge in [-0.05, 0) is 13.8 Å². The molecule has 0 atom stereocenters. The molecule has 0 spiro atoms. The van der Waals surface area contributed by atoms with E-state index in [-0.39, 0.29) is 11.4 Å². The zero-order valence-corrected chi connectivity index (χ0v) is 9.00. The number of nitrogens with two attached hydrogens (primary N) is 1. The van der Waals surface area contributed by atoms with Gasteiger partial charge in [-0.3, -0.25) is 0 Å². The first-order chi connectivity index (χ1) is 7.10. The third kappa shape index (κ3) is 2.34. The molecule has 0 saturated heterocycles. The number of aromatic nitrogens is 2. The lowest BCUT2D eigenvalue weighted by atomic mass is 10.2. The summed E-state index contributed by atoms with van der Waals surface area (Å²) in [5.74, 6) is 0.0264. The molecule has 0 bridgehead atoms. The Morgan fingerprint density at radius 3 is 2.67 bits per heavy atom. The first-order valence-electron chi connectivity index (χ1n) is 4.59. The van der Waals surface area contributed by atoms with Crippen LogP contribution in [0.1, 0.15) is 23.0 Å². The molecule has 0 amide bonds. The van der Waals surface area contributed by atoms with E-state index in [1.165, 1.54) is 0 Å². The molecule has 0 unspecified atom stereocenters. The van der Waals surface area contributed by atoms with E-state index in [4.69, 9.17) is 10.5 Å². The van der Waals surface area contributed by atoms with Crippen LogP contribution in [-0.4, -0.2) is 29.6 Å². The molecule has 3 N–H and O–H groups in total. The van der Waals surface area contributed by atoms with Crippen LogP contribution in [0.15, 0.2) is 0 Å². The van der Waals surface area contributed by atoms with Crippen molar-refractivity contribution in [3.05, 3.63) is 11.3 Å². The lowest BCUT2D eigenvalue weighted by Gasteiger charge is -2.08. The fourth-order valence-electron chi connectivity index (χ4n) is 1.16. The molecule has 0 aromatic carbocycles. The molecule has 1 aromatic heterocycles. The summed E-state index contributed by atoms with van der Waals surface area (Å²) in [5, 5.41) is 2.75. The van der Waals surface area contributed by atoms with Crippen molar-refractivity contribution in [2.24, 2.45) is 0 Å². The third-order valence-corrected chi connectivity index (χ3v) is 1.82. The van der Waals surface area contributed by atoms with E-state index in [2.05, 4.69) is 15.3 Å². The number of ether oxygens (including phenoxy) is 1. The van der Waals surface area contributed by atoms with Crippen LogP contribution in [0.2, 0.25) is 0 Å². The summed E-state index contributed by atoms with van der Waals surface area (Å²) in [4.78, 5) is 19.4. The van der Waals surface area contributed by atoms with Gasteiger partial charge in [0.05, 0.1) is 12.3 Å². The number of esters is 1. The van der Waals surface area contributed by atoms with Gasteiger partial charge in [0.15, 0.2) is 0 Å². The van der Waals surface area contributed by atoms with E-state index in [1.54, 1.807) is 20.9 Å². The highest BCUT2D eigenvalue weighted by molar-refractivity contribution is 5.95. The zero-order chi connectivity index (χ0) is 11.4. The standard InChI is InChI=1S/C9H14N4O2/c1-4-15-8(14)6-5(2)12-9(11-3)13-7(6)10/h4H2,1-3H3,(H3,10,11,12,13). The second-order valence-electron chi connectivity index (χ2n) is 2.86. The van der Waals surface area contributed by atoms with Gasteiger partial charge in [0, 0.05) is 7.05 Å². The Morgan fingerprint density at radius 2 is 2.20 bits per heavy atom. The summed E-state index contributed by atoms with van der Waals surface area (Å²) in [6.07, 6.45) is 0. The van der Waals surface area contributed by atoms with Gasteiger partial charge in [0.25, 0.3) is 0 Å². The van der Waals surface area contributed by atoms with Crippen LogP contribution in [0.3, 0.4) is 0 Å². The number of carbonyl (C=O) groups is 1. The zero-order valence-electron chi connectivity index (χ0n) is 9.00. The summed E-state index contributed by atoms with van der Waals surface area (Å²) in [6.45, 7) is 3.71. The molecule has 0 fully saturated rings. The Balaban J connectivity index is 3.13. The largest absolute Gasteiger partial charge is 0.462 e. The third-order valence-electron chi connectivity index (χ3n) is 1.82. The monoisotopic (exact) mass is 210 g/mol. The number of nitrogen functional groups attached to an aromatic ring is 1. The highest BCUT2D eigenvalue weighted by atomic mass is 16.5. The number of nitrogens with one attached hydrogen (secondary N) is 1. The van der Waals surface area contributed by atoms with Gasteiger partial charge in [-0.1, -0.05) is 0 Å². The summed E-state index contributed by atoms with van der Waals surface area (Å²) < 4.78 is 4.84. The Morgan fingerprint density at radius 1 is 1.53 bits per heavy atom. The van der Waals surface area contributed by atoms with Crippen molar-refractivity contribution in [3.8, 4) is 0 Å². The Bertz CT molecular complexity index is 355. The van der Waals surface area contributed by atoms with Crippen molar-refractivity contribution in [3.63, 3.8) is 0 Å². The first kappa shape index (κ1) is 11.2. The molecule has 1 aromatic rings. The average molecular weight is 210 g/mol. The average Bonchev–Trinajstić information content (AvgIpc) is 2.16. The number of anilines is 2. The van der Waals surface area contributed by atoms with Crippen LogP contribution in [0.5, 0.6) is 0 Å². The van der Waals surface area contributed by atoms with Gasteiger partial charge >= 0.3 is 5.97 Å². The van der Waals surface area contributed by atoms with Crippen LogP contribution in [0.25, 0.3) is 0 Å². The van der Waals surface area contributed by atoms with Gasteiger partial charge < -0.3 is 15.8 Å². The van der Waals surface area contributed by atoms with Crippen molar-refractivity contribution in [2.75, 3.05) is 24.7 Å². The topological polar surface area (TPSA) is 90.1 Å². The van der Waals surface area contributed by atoms with Crippen molar-refractivity contribution < 1.29 is 9.53 Å². The quantitative estimate of drug-likeness (QED) is 0.709. The molecule has 6 nitrogen and oxygen atoms in total. The normalized spacial score (nSPS) is 9.80. The Kier molecular flexibility index (Phi) is 3.43. The predicted octanol–water partition coefficient (Wildman–Crippen LogP) is 0.586. The number of hydrogen-bond donors (Lipinski definition) is 2. The van der Waals surface area contributed by atoms with E-state index >= 15 is 0 Å². The van der Waals surface area contributed by atoms with E-state index < -0.39 is 5.97 Å². The fourth-order valence-corrected chi connectivity index (χ4v) is 1.16. The van der Waals surface area contributed by atoms with Gasteiger partial charge in [0.1, 0.15) is 11.4 Å². The minimum Gasteiger partial charge on any atom is -0.462 e. The van der Waals surface area contributed by atoms with Crippen molar-refractivity contribution in [2.45, 2.75) is 13.8 Å². The number of aryl methyl sites for hydroxylation is 1. The second kappa shape index (κ2) is 4.59. The first-order valence-corrected chi connectivity index (χ1v) is 4.59. The molecular weight excluding hydrogens is 196 g/mol. The predicted molar refractivity (Wildman–Crippen MR) is 56.7 cm³/mol. The Hall–Kier alpha value is -1.85. The van der Waals surface area contributed by atoms with Crippen molar-refractivity contribution >= 4 is 17.7 Å². The summed E-state index contributed by atoms with van der Waals surface area (Å²) in [6, 6.07) is 0. The lowest BCUT2D eigenvalue weighted by molar-refractivity contribution is 0.0526.